The topological polar surface area (TPSA) is 67.8 Å². The van der Waals surface area contributed by atoms with Crippen molar-refractivity contribution < 1.29 is 9.47 Å². The summed E-state index contributed by atoms with van der Waals surface area (Å²) in [4.78, 5) is 10.0. The van der Waals surface area contributed by atoms with Crippen LogP contribution in [0.2, 0.25) is 0 Å². The summed E-state index contributed by atoms with van der Waals surface area (Å²) < 4.78 is 11.1. The lowest BCUT2D eigenvalue weighted by Gasteiger charge is -2.19. The first-order valence-electron chi connectivity index (χ1n) is 8.31. The van der Waals surface area contributed by atoms with Crippen LogP contribution in [0.5, 0.6) is 0 Å². The molecule has 2 atom stereocenters. The fourth-order valence-electron chi connectivity index (χ4n) is 2.31. The zero-order chi connectivity index (χ0) is 16.5. The van der Waals surface area contributed by atoms with Gasteiger partial charge in [0.25, 0.3) is 0 Å². The summed E-state index contributed by atoms with van der Waals surface area (Å²) in [6.45, 7) is 7.25. The van der Waals surface area contributed by atoms with Crippen LogP contribution >= 0.6 is 35.3 Å². The number of thiazole rings is 1. The molecule has 0 bridgehead atoms. The molecule has 2 rings (SSSR count). The van der Waals surface area contributed by atoms with Crippen LogP contribution in [0.3, 0.4) is 0 Å². The first kappa shape index (κ1) is 21.6. The Morgan fingerprint density at radius 2 is 2.42 bits per heavy atom. The molecule has 0 aliphatic carbocycles. The van der Waals surface area contributed by atoms with E-state index in [4.69, 9.17) is 9.47 Å². The Morgan fingerprint density at radius 3 is 3.04 bits per heavy atom. The van der Waals surface area contributed by atoms with Crippen LogP contribution < -0.4 is 10.6 Å². The van der Waals surface area contributed by atoms with Crippen molar-refractivity contribution in [3.63, 3.8) is 0 Å². The Morgan fingerprint density at radius 1 is 1.58 bits per heavy atom. The van der Waals surface area contributed by atoms with Gasteiger partial charge in [0.1, 0.15) is 0 Å². The lowest BCUT2D eigenvalue weighted by molar-refractivity contribution is 0.0347. The third kappa shape index (κ3) is 7.62. The molecule has 24 heavy (non-hydrogen) atoms. The van der Waals surface area contributed by atoms with Gasteiger partial charge in [-0.2, -0.15) is 0 Å². The Kier molecular flexibility index (Phi) is 10.8. The van der Waals surface area contributed by atoms with E-state index in [-0.39, 0.29) is 36.1 Å². The summed E-state index contributed by atoms with van der Waals surface area (Å²) in [6.07, 6.45) is 5.17. The number of hydrogen-bond acceptors (Lipinski definition) is 5. The van der Waals surface area contributed by atoms with Crippen molar-refractivity contribution in [3.05, 3.63) is 16.1 Å². The SMILES string of the molecule is CCc1cnc(CCNC(=NC)NC(C)COC2CCOC2)s1.I. The minimum atomic E-state index is 0. The van der Waals surface area contributed by atoms with Gasteiger partial charge in [0.2, 0.25) is 0 Å². The van der Waals surface area contributed by atoms with E-state index in [9.17, 15) is 0 Å². The molecule has 1 fully saturated rings. The predicted octanol–water partition coefficient (Wildman–Crippen LogP) is 2.23. The fraction of sp³-hybridized carbons (Fsp3) is 0.750. The smallest absolute Gasteiger partial charge is 0.191 e. The number of guanidine groups is 1. The highest BCUT2D eigenvalue weighted by Gasteiger charge is 2.17. The van der Waals surface area contributed by atoms with Crippen LogP contribution in [-0.4, -0.2) is 56.5 Å². The van der Waals surface area contributed by atoms with Gasteiger partial charge in [-0.3, -0.25) is 4.99 Å². The molecular formula is C16H29IN4O2S. The molecule has 0 saturated carbocycles. The van der Waals surface area contributed by atoms with E-state index in [2.05, 4.69) is 34.5 Å². The highest BCUT2D eigenvalue weighted by molar-refractivity contribution is 14.0. The van der Waals surface area contributed by atoms with E-state index in [1.807, 2.05) is 6.20 Å². The van der Waals surface area contributed by atoms with Gasteiger partial charge in [0, 0.05) is 43.7 Å². The molecule has 1 aromatic rings. The predicted molar refractivity (Wildman–Crippen MR) is 110 cm³/mol. The summed E-state index contributed by atoms with van der Waals surface area (Å²) in [5, 5.41) is 7.85. The van der Waals surface area contributed by atoms with Gasteiger partial charge < -0.3 is 20.1 Å². The lowest BCUT2D eigenvalue weighted by Crippen LogP contribution is -2.45. The van der Waals surface area contributed by atoms with Crippen molar-refractivity contribution in [2.45, 2.75) is 45.3 Å². The number of aliphatic imine (C=N–C) groups is 1. The normalized spacial score (nSPS) is 19.0. The largest absolute Gasteiger partial charge is 0.379 e. The molecule has 1 aliphatic heterocycles. The summed E-state index contributed by atoms with van der Waals surface area (Å²) in [7, 11) is 1.78. The van der Waals surface area contributed by atoms with Crippen molar-refractivity contribution in [1.82, 2.24) is 15.6 Å². The highest BCUT2D eigenvalue weighted by Crippen LogP contribution is 2.13. The van der Waals surface area contributed by atoms with Crippen LogP contribution in [0.25, 0.3) is 0 Å². The minimum Gasteiger partial charge on any atom is -0.379 e. The minimum absolute atomic E-state index is 0. The summed E-state index contributed by atoms with van der Waals surface area (Å²) in [5.74, 6) is 0.802. The van der Waals surface area contributed by atoms with Gasteiger partial charge in [-0.25, -0.2) is 4.98 Å². The van der Waals surface area contributed by atoms with Crippen LogP contribution in [0.15, 0.2) is 11.2 Å². The second kappa shape index (κ2) is 12.0. The maximum absolute atomic E-state index is 5.82. The number of rotatable bonds is 8. The molecule has 2 unspecified atom stereocenters. The van der Waals surface area contributed by atoms with Gasteiger partial charge in [-0.05, 0) is 19.8 Å². The van der Waals surface area contributed by atoms with Gasteiger partial charge in [0.15, 0.2) is 5.96 Å². The Hall–Kier alpha value is -0.450. The molecule has 0 amide bonds. The van der Waals surface area contributed by atoms with E-state index in [0.29, 0.717) is 13.2 Å². The van der Waals surface area contributed by atoms with Gasteiger partial charge in [0.05, 0.1) is 24.3 Å². The zero-order valence-electron chi connectivity index (χ0n) is 14.7. The van der Waals surface area contributed by atoms with Crippen LogP contribution in [-0.2, 0) is 22.3 Å². The highest BCUT2D eigenvalue weighted by atomic mass is 127. The molecule has 1 saturated heterocycles. The number of nitrogens with one attached hydrogen (secondary N) is 2. The molecule has 1 aliphatic rings. The molecular weight excluding hydrogens is 439 g/mol. The second-order valence-electron chi connectivity index (χ2n) is 5.69. The third-order valence-corrected chi connectivity index (χ3v) is 4.86. The number of aryl methyl sites for hydroxylation is 1. The molecule has 138 valence electrons. The van der Waals surface area contributed by atoms with Crippen LogP contribution in [0.1, 0.15) is 30.2 Å². The van der Waals surface area contributed by atoms with Crippen molar-refractivity contribution in [1.29, 1.82) is 0 Å². The van der Waals surface area contributed by atoms with Crippen molar-refractivity contribution in [2.75, 3.05) is 33.4 Å². The molecule has 8 heteroatoms. The molecule has 2 N–H and O–H groups in total. The molecule has 1 aromatic heterocycles. The Bertz CT molecular complexity index is 492. The first-order chi connectivity index (χ1) is 11.2. The van der Waals surface area contributed by atoms with E-state index >= 15 is 0 Å². The second-order valence-corrected chi connectivity index (χ2v) is 6.89. The molecule has 6 nitrogen and oxygen atoms in total. The summed E-state index contributed by atoms with van der Waals surface area (Å²) in [6, 6.07) is 0.202. The van der Waals surface area contributed by atoms with Crippen molar-refractivity contribution in [2.24, 2.45) is 4.99 Å². The van der Waals surface area contributed by atoms with E-state index in [1.54, 1.807) is 18.4 Å². The van der Waals surface area contributed by atoms with Gasteiger partial charge >= 0.3 is 0 Å². The standard InChI is InChI=1S/C16H28N4O2S.HI/c1-4-14-9-19-15(23-14)5-7-18-16(17-3)20-12(2)10-22-13-6-8-21-11-13;/h9,12-13H,4-8,10-11H2,1-3H3,(H2,17,18,20);1H. The Labute approximate surface area is 165 Å². The fourth-order valence-corrected chi connectivity index (χ4v) is 3.17. The number of ether oxygens (including phenoxy) is 2. The van der Waals surface area contributed by atoms with E-state index in [0.717, 1.165) is 38.4 Å². The number of nitrogens with zero attached hydrogens (tertiary/aromatic N) is 2. The number of halogens is 1. The van der Waals surface area contributed by atoms with E-state index < -0.39 is 0 Å². The molecule has 2 heterocycles. The lowest BCUT2D eigenvalue weighted by atomic mass is 10.3. The maximum atomic E-state index is 5.82. The maximum Gasteiger partial charge on any atom is 0.191 e. The number of hydrogen-bond donors (Lipinski definition) is 2. The average Bonchev–Trinajstić information content (AvgIpc) is 3.23. The number of aromatic nitrogens is 1. The first-order valence-corrected chi connectivity index (χ1v) is 9.13. The summed E-state index contributed by atoms with van der Waals surface area (Å²) >= 11 is 1.79. The quantitative estimate of drug-likeness (QED) is 0.348. The van der Waals surface area contributed by atoms with Crippen molar-refractivity contribution >= 4 is 41.3 Å². The summed E-state index contributed by atoms with van der Waals surface area (Å²) in [5.41, 5.74) is 0. The van der Waals surface area contributed by atoms with Crippen LogP contribution in [0.4, 0.5) is 0 Å². The third-order valence-electron chi connectivity index (χ3n) is 3.66. The monoisotopic (exact) mass is 468 g/mol. The van der Waals surface area contributed by atoms with Crippen LogP contribution in [0, 0.1) is 0 Å². The molecule has 0 spiro atoms. The Balaban J connectivity index is 0.00000288. The van der Waals surface area contributed by atoms with E-state index in [1.165, 1.54) is 9.88 Å². The molecule has 0 aromatic carbocycles. The van der Waals surface area contributed by atoms with Crippen molar-refractivity contribution in [3.8, 4) is 0 Å². The average molecular weight is 468 g/mol. The molecule has 0 radical (unpaired) electrons. The zero-order valence-corrected chi connectivity index (χ0v) is 17.9. The van der Waals surface area contributed by atoms with Gasteiger partial charge in [-0.15, -0.1) is 35.3 Å². The van der Waals surface area contributed by atoms with Gasteiger partial charge in [-0.1, -0.05) is 6.92 Å².